The smallest absolute Gasteiger partial charge is 0.223 e. The maximum absolute atomic E-state index is 11.0. The molecule has 0 amide bonds. The molecule has 0 aliphatic heterocycles. The molecule has 1 aromatic carbocycles. The van der Waals surface area contributed by atoms with Crippen molar-refractivity contribution in [2.75, 3.05) is 0 Å². The SMILES string of the molecule is CC(=O)c1ccc(N=C(N)N=C(N)NN)cc1. The maximum atomic E-state index is 11.0. The fourth-order valence-electron chi connectivity index (χ4n) is 1.08. The van der Waals surface area contributed by atoms with Crippen LogP contribution in [0.3, 0.4) is 0 Å². The largest absolute Gasteiger partial charge is 0.368 e. The second-order valence-corrected chi connectivity index (χ2v) is 3.21. The highest BCUT2D eigenvalue weighted by Gasteiger charge is 1.98. The molecule has 0 radical (unpaired) electrons. The van der Waals surface area contributed by atoms with Gasteiger partial charge in [-0.2, -0.15) is 4.99 Å². The van der Waals surface area contributed by atoms with E-state index in [4.69, 9.17) is 17.3 Å². The maximum Gasteiger partial charge on any atom is 0.223 e. The Labute approximate surface area is 98.4 Å². The monoisotopic (exact) mass is 234 g/mol. The van der Waals surface area contributed by atoms with Crippen LogP contribution in [0.4, 0.5) is 5.69 Å². The van der Waals surface area contributed by atoms with Crippen molar-refractivity contribution >= 4 is 23.4 Å². The Bertz CT molecular complexity index is 462. The third-order valence-corrected chi connectivity index (χ3v) is 1.90. The zero-order chi connectivity index (χ0) is 12.8. The molecule has 0 saturated heterocycles. The first-order chi connectivity index (χ1) is 8.02. The molecular formula is C10H14N6O. The van der Waals surface area contributed by atoms with Crippen LogP contribution in [0.25, 0.3) is 0 Å². The highest BCUT2D eigenvalue weighted by molar-refractivity contribution is 5.95. The van der Waals surface area contributed by atoms with Crippen LogP contribution >= 0.6 is 0 Å². The zero-order valence-electron chi connectivity index (χ0n) is 9.34. The highest BCUT2D eigenvalue weighted by atomic mass is 16.1. The van der Waals surface area contributed by atoms with Gasteiger partial charge in [-0.15, -0.1) is 0 Å². The Hall–Kier alpha value is -2.41. The molecule has 7 nitrogen and oxygen atoms in total. The van der Waals surface area contributed by atoms with Crippen molar-refractivity contribution in [3.8, 4) is 0 Å². The van der Waals surface area contributed by atoms with Crippen LogP contribution in [0.15, 0.2) is 34.3 Å². The summed E-state index contributed by atoms with van der Waals surface area (Å²) in [6.45, 7) is 1.49. The quantitative estimate of drug-likeness (QED) is 0.182. The summed E-state index contributed by atoms with van der Waals surface area (Å²) in [6.07, 6.45) is 0. The van der Waals surface area contributed by atoms with Gasteiger partial charge in [-0.25, -0.2) is 10.8 Å². The zero-order valence-corrected chi connectivity index (χ0v) is 9.34. The summed E-state index contributed by atoms with van der Waals surface area (Å²) in [5.74, 6) is 4.94. The number of carbonyl (C=O) groups is 1. The van der Waals surface area contributed by atoms with Crippen LogP contribution in [0, 0.1) is 0 Å². The molecule has 0 fully saturated rings. The Kier molecular flexibility index (Phi) is 4.18. The van der Waals surface area contributed by atoms with Crippen molar-refractivity contribution < 1.29 is 4.79 Å². The Morgan fingerprint density at radius 1 is 1.24 bits per heavy atom. The van der Waals surface area contributed by atoms with Gasteiger partial charge in [-0.1, -0.05) is 0 Å². The minimum absolute atomic E-state index is 0.0110. The number of guanidine groups is 2. The molecule has 0 saturated carbocycles. The number of rotatable bonds is 2. The number of ketones is 1. The fourth-order valence-corrected chi connectivity index (χ4v) is 1.08. The number of hydrazine groups is 1. The van der Waals surface area contributed by atoms with E-state index in [1.807, 2.05) is 0 Å². The van der Waals surface area contributed by atoms with Crippen molar-refractivity contribution in [1.82, 2.24) is 5.43 Å². The second kappa shape index (κ2) is 5.61. The molecule has 1 aromatic rings. The average Bonchev–Trinajstić information content (AvgIpc) is 2.29. The molecule has 1 rings (SSSR count). The molecule has 90 valence electrons. The summed E-state index contributed by atoms with van der Waals surface area (Å²) in [5.41, 5.74) is 14.1. The van der Waals surface area contributed by atoms with Gasteiger partial charge in [0.05, 0.1) is 5.69 Å². The van der Waals surface area contributed by atoms with Crippen LogP contribution in [0.5, 0.6) is 0 Å². The van der Waals surface area contributed by atoms with Gasteiger partial charge in [-0.3, -0.25) is 10.2 Å². The normalized spacial score (nSPS) is 12.4. The average molecular weight is 234 g/mol. The molecule has 7 N–H and O–H groups in total. The first kappa shape index (κ1) is 12.7. The van der Waals surface area contributed by atoms with Crippen LogP contribution in [0.1, 0.15) is 17.3 Å². The number of benzene rings is 1. The van der Waals surface area contributed by atoms with E-state index >= 15 is 0 Å². The van der Waals surface area contributed by atoms with Crippen LogP contribution in [-0.4, -0.2) is 17.7 Å². The van der Waals surface area contributed by atoms with E-state index in [9.17, 15) is 4.79 Å². The first-order valence-electron chi connectivity index (χ1n) is 4.79. The molecule has 7 heteroatoms. The van der Waals surface area contributed by atoms with E-state index in [-0.39, 0.29) is 17.7 Å². The van der Waals surface area contributed by atoms with Gasteiger partial charge in [0.15, 0.2) is 5.78 Å². The molecule has 0 heterocycles. The number of nitrogens with zero attached hydrogens (tertiary/aromatic N) is 2. The van der Waals surface area contributed by atoms with Gasteiger partial charge in [0.25, 0.3) is 0 Å². The molecule has 0 aromatic heterocycles. The van der Waals surface area contributed by atoms with Gasteiger partial charge < -0.3 is 11.5 Å². The molecular weight excluding hydrogens is 220 g/mol. The molecule has 17 heavy (non-hydrogen) atoms. The summed E-state index contributed by atoms with van der Waals surface area (Å²) < 4.78 is 0. The summed E-state index contributed by atoms with van der Waals surface area (Å²) in [7, 11) is 0. The van der Waals surface area contributed by atoms with E-state index in [1.165, 1.54) is 6.92 Å². The van der Waals surface area contributed by atoms with E-state index in [0.717, 1.165) is 0 Å². The number of hydrogen-bond acceptors (Lipinski definition) is 3. The standard InChI is InChI=1S/C10H14N6O/c1-6(17)7-2-4-8(5-3-7)14-9(11)15-10(12)16-13/h2-5H,13H2,1H3,(H5,11,12,14,15,16). The lowest BCUT2D eigenvalue weighted by Gasteiger charge is -1.99. The number of Topliss-reactive ketones (excluding diaryl/α,β-unsaturated/α-hetero) is 1. The molecule has 0 aliphatic carbocycles. The van der Waals surface area contributed by atoms with Crippen molar-refractivity contribution in [3.63, 3.8) is 0 Å². The topological polar surface area (TPSA) is 132 Å². The summed E-state index contributed by atoms with van der Waals surface area (Å²) >= 11 is 0. The summed E-state index contributed by atoms with van der Waals surface area (Å²) in [5, 5.41) is 0. The molecule has 0 unspecified atom stereocenters. The third kappa shape index (κ3) is 3.92. The number of aliphatic imine (C=N–C) groups is 2. The van der Waals surface area contributed by atoms with Crippen LogP contribution in [-0.2, 0) is 0 Å². The van der Waals surface area contributed by atoms with Gasteiger partial charge in [-0.05, 0) is 31.2 Å². The lowest BCUT2D eigenvalue weighted by molar-refractivity contribution is 0.101. The van der Waals surface area contributed by atoms with Gasteiger partial charge in [0.2, 0.25) is 11.9 Å². The predicted molar refractivity (Wildman–Crippen MR) is 66.7 cm³/mol. The van der Waals surface area contributed by atoms with Crippen molar-refractivity contribution in [1.29, 1.82) is 0 Å². The van der Waals surface area contributed by atoms with Crippen LogP contribution in [0.2, 0.25) is 0 Å². The molecule has 0 atom stereocenters. The van der Waals surface area contributed by atoms with Gasteiger partial charge in [0.1, 0.15) is 0 Å². The first-order valence-corrected chi connectivity index (χ1v) is 4.79. The Morgan fingerprint density at radius 2 is 1.82 bits per heavy atom. The van der Waals surface area contributed by atoms with Gasteiger partial charge in [0, 0.05) is 5.56 Å². The molecule has 0 aliphatic rings. The fraction of sp³-hybridized carbons (Fsp3) is 0.100. The molecule has 0 spiro atoms. The van der Waals surface area contributed by atoms with Crippen molar-refractivity contribution in [3.05, 3.63) is 29.8 Å². The number of nitrogens with two attached hydrogens (primary N) is 3. The second-order valence-electron chi connectivity index (χ2n) is 3.21. The van der Waals surface area contributed by atoms with Crippen LogP contribution < -0.4 is 22.7 Å². The Balaban J connectivity index is 2.88. The number of nitrogens with one attached hydrogen (secondary N) is 1. The summed E-state index contributed by atoms with van der Waals surface area (Å²) in [4.78, 5) is 18.7. The highest BCUT2D eigenvalue weighted by Crippen LogP contribution is 2.13. The number of carbonyl (C=O) groups excluding carboxylic acids is 1. The predicted octanol–water partition coefficient (Wildman–Crippen LogP) is -0.387. The van der Waals surface area contributed by atoms with Gasteiger partial charge >= 0.3 is 0 Å². The lowest BCUT2D eigenvalue weighted by atomic mass is 10.1. The molecule has 0 bridgehead atoms. The van der Waals surface area contributed by atoms with E-state index < -0.39 is 0 Å². The van der Waals surface area contributed by atoms with Crippen molar-refractivity contribution in [2.24, 2.45) is 27.3 Å². The van der Waals surface area contributed by atoms with E-state index in [2.05, 4.69) is 15.4 Å². The number of hydrogen-bond donors (Lipinski definition) is 4. The van der Waals surface area contributed by atoms with E-state index in [1.54, 1.807) is 24.3 Å². The minimum atomic E-state index is -0.0355. The third-order valence-electron chi connectivity index (χ3n) is 1.90. The lowest BCUT2D eigenvalue weighted by Crippen LogP contribution is -2.38. The van der Waals surface area contributed by atoms with E-state index in [0.29, 0.717) is 11.3 Å². The summed E-state index contributed by atoms with van der Waals surface area (Å²) in [6, 6.07) is 6.63. The van der Waals surface area contributed by atoms with Crippen molar-refractivity contribution in [2.45, 2.75) is 6.92 Å². The minimum Gasteiger partial charge on any atom is -0.368 e. The Morgan fingerprint density at radius 3 is 2.29 bits per heavy atom.